The highest BCUT2D eigenvalue weighted by Gasteiger charge is 2.17. The number of para-hydroxylation sites is 2. The molecule has 0 unspecified atom stereocenters. The van der Waals surface area contributed by atoms with E-state index in [1.54, 1.807) is 11.3 Å². The third-order valence-electron chi connectivity index (χ3n) is 7.51. The maximum atomic E-state index is 5.10. The van der Waals surface area contributed by atoms with Gasteiger partial charge in [-0.15, -0.1) is 11.3 Å². The lowest BCUT2D eigenvalue weighted by molar-refractivity contribution is 1.18. The molecule has 8 aromatic rings. The average Bonchev–Trinajstić information content (AvgIpc) is 3.51. The molecule has 0 aliphatic rings. The van der Waals surface area contributed by atoms with Crippen molar-refractivity contribution >= 4 is 64.9 Å². The molecule has 0 fully saturated rings. The standard InChI is InChI=1S/C34H22N2S/c1-21-15-16-26-28(30-20-37-33-14-8-6-12-25(30)33)17-22-18-32-29(19-27(22)34(26)35-21)24-11-5-7-13-31(24)36(32)23-9-3-2-4-10-23/h2-20H,1H3. The molecule has 0 aliphatic carbocycles. The Labute approximate surface area is 218 Å². The van der Waals surface area contributed by atoms with Gasteiger partial charge in [0.2, 0.25) is 0 Å². The Morgan fingerprint density at radius 2 is 1.38 bits per heavy atom. The van der Waals surface area contributed by atoms with Crippen LogP contribution in [0.3, 0.4) is 0 Å². The molecule has 8 rings (SSSR count). The minimum atomic E-state index is 1.04. The summed E-state index contributed by atoms with van der Waals surface area (Å²) in [6, 6.07) is 39.5. The number of fused-ring (bicyclic) bond motifs is 7. The molecule has 0 spiro atoms. The molecule has 3 heteroatoms. The van der Waals surface area contributed by atoms with Gasteiger partial charge in [0.15, 0.2) is 0 Å². The van der Waals surface area contributed by atoms with E-state index in [0.29, 0.717) is 0 Å². The smallest absolute Gasteiger partial charge is 0.0789 e. The van der Waals surface area contributed by atoms with Gasteiger partial charge in [-0.2, -0.15) is 0 Å². The Morgan fingerprint density at radius 3 is 2.27 bits per heavy atom. The topological polar surface area (TPSA) is 17.8 Å². The lowest BCUT2D eigenvalue weighted by Gasteiger charge is -2.12. The summed E-state index contributed by atoms with van der Waals surface area (Å²) in [7, 11) is 0. The van der Waals surface area contributed by atoms with E-state index in [0.717, 1.165) is 11.2 Å². The van der Waals surface area contributed by atoms with Crippen molar-refractivity contribution in [3.05, 3.63) is 120 Å². The first kappa shape index (κ1) is 20.7. The first-order chi connectivity index (χ1) is 18.3. The van der Waals surface area contributed by atoms with Gasteiger partial charge in [-0.05, 0) is 71.8 Å². The summed E-state index contributed by atoms with van der Waals surface area (Å²) in [5.74, 6) is 0. The maximum Gasteiger partial charge on any atom is 0.0789 e. The number of rotatable bonds is 2. The van der Waals surface area contributed by atoms with Crippen molar-refractivity contribution in [1.82, 2.24) is 9.55 Å². The summed E-state index contributed by atoms with van der Waals surface area (Å²) < 4.78 is 3.70. The molecular weight excluding hydrogens is 468 g/mol. The Morgan fingerprint density at radius 1 is 0.595 bits per heavy atom. The Kier molecular flexibility index (Phi) is 4.34. The summed E-state index contributed by atoms with van der Waals surface area (Å²) in [5, 5.41) is 9.72. The average molecular weight is 491 g/mol. The SMILES string of the molecule is Cc1ccc2c(-c3csc4ccccc34)cc3cc4c(cc3c2n1)c1ccccc1n4-c1ccccc1. The monoisotopic (exact) mass is 490 g/mol. The second kappa shape index (κ2) is 7.76. The molecule has 0 saturated carbocycles. The van der Waals surface area contributed by atoms with Crippen LogP contribution in [-0.2, 0) is 0 Å². The van der Waals surface area contributed by atoms with Crippen molar-refractivity contribution in [1.29, 1.82) is 0 Å². The van der Waals surface area contributed by atoms with Crippen LogP contribution in [-0.4, -0.2) is 9.55 Å². The van der Waals surface area contributed by atoms with E-state index in [2.05, 4.69) is 126 Å². The Bertz CT molecular complexity index is 2150. The van der Waals surface area contributed by atoms with Crippen LogP contribution in [0, 0.1) is 6.92 Å². The fraction of sp³-hybridized carbons (Fsp3) is 0.0294. The van der Waals surface area contributed by atoms with E-state index in [1.807, 2.05) is 0 Å². The van der Waals surface area contributed by atoms with Crippen molar-refractivity contribution < 1.29 is 0 Å². The molecule has 0 N–H and O–H groups in total. The Hall–Kier alpha value is -4.47. The fourth-order valence-corrected chi connectivity index (χ4v) is 6.79. The predicted molar refractivity (Wildman–Crippen MR) is 159 cm³/mol. The number of benzene rings is 5. The number of nitrogens with zero attached hydrogens (tertiary/aromatic N) is 2. The van der Waals surface area contributed by atoms with Crippen LogP contribution in [0.5, 0.6) is 0 Å². The zero-order valence-electron chi connectivity index (χ0n) is 20.3. The number of thiophene rings is 1. The summed E-state index contributed by atoms with van der Waals surface area (Å²) in [5.41, 5.74) is 8.24. The lowest BCUT2D eigenvalue weighted by atomic mass is 9.94. The summed E-state index contributed by atoms with van der Waals surface area (Å²) in [6.07, 6.45) is 0. The zero-order valence-corrected chi connectivity index (χ0v) is 21.1. The fourth-order valence-electron chi connectivity index (χ4n) is 5.83. The number of aryl methyl sites for hydroxylation is 1. The summed E-state index contributed by atoms with van der Waals surface area (Å²) in [6.45, 7) is 2.08. The highest BCUT2D eigenvalue weighted by molar-refractivity contribution is 7.17. The van der Waals surface area contributed by atoms with Gasteiger partial charge in [0.1, 0.15) is 0 Å². The van der Waals surface area contributed by atoms with E-state index < -0.39 is 0 Å². The van der Waals surface area contributed by atoms with Gasteiger partial charge in [0.05, 0.1) is 16.6 Å². The normalized spacial score (nSPS) is 11.9. The molecule has 174 valence electrons. The van der Waals surface area contributed by atoms with Crippen LogP contribution in [0.1, 0.15) is 5.69 Å². The highest BCUT2D eigenvalue weighted by atomic mass is 32.1. The Balaban J connectivity index is 1.55. The maximum absolute atomic E-state index is 5.10. The molecule has 0 atom stereocenters. The van der Waals surface area contributed by atoms with E-state index in [-0.39, 0.29) is 0 Å². The van der Waals surface area contributed by atoms with Crippen molar-refractivity contribution in [3.63, 3.8) is 0 Å². The zero-order chi connectivity index (χ0) is 24.5. The van der Waals surface area contributed by atoms with Crippen LogP contribution in [0.15, 0.2) is 115 Å². The lowest BCUT2D eigenvalue weighted by Crippen LogP contribution is -1.93. The van der Waals surface area contributed by atoms with Crippen LogP contribution in [0.4, 0.5) is 0 Å². The molecule has 2 nitrogen and oxygen atoms in total. The second-order valence-corrected chi connectivity index (χ2v) is 10.6. The van der Waals surface area contributed by atoms with E-state index in [1.165, 1.54) is 64.9 Å². The van der Waals surface area contributed by atoms with Gasteiger partial charge in [0.25, 0.3) is 0 Å². The third-order valence-corrected chi connectivity index (χ3v) is 8.47. The molecule has 37 heavy (non-hydrogen) atoms. The van der Waals surface area contributed by atoms with Crippen LogP contribution >= 0.6 is 11.3 Å². The molecule has 0 aliphatic heterocycles. The van der Waals surface area contributed by atoms with E-state index in [4.69, 9.17) is 4.98 Å². The first-order valence-electron chi connectivity index (χ1n) is 12.6. The van der Waals surface area contributed by atoms with Gasteiger partial charge < -0.3 is 4.57 Å². The minimum Gasteiger partial charge on any atom is -0.309 e. The summed E-state index contributed by atoms with van der Waals surface area (Å²) in [4.78, 5) is 5.10. The van der Waals surface area contributed by atoms with E-state index in [9.17, 15) is 0 Å². The molecule has 0 saturated heterocycles. The number of hydrogen-bond donors (Lipinski definition) is 0. The highest BCUT2D eigenvalue weighted by Crippen LogP contribution is 2.42. The largest absolute Gasteiger partial charge is 0.309 e. The van der Waals surface area contributed by atoms with Crippen LogP contribution < -0.4 is 0 Å². The van der Waals surface area contributed by atoms with Crippen molar-refractivity contribution in [2.24, 2.45) is 0 Å². The van der Waals surface area contributed by atoms with Crippen molar-refractivity contribution in [2.75, 3.05) is 0 Å². The van der Waals surface area contributed by atoms with Gasteiger partial charge in [-0.25, -0.2) is 0 Å². The molecule has 0 bridgehead atoms. The number of pyridine rings is 1. The third kappa shape index (κ3) is 3.01. The van der Waals surface area contributed by atoms with Crippen LogP contribution in [0.25, 0.3) is 70.4 Å². The summed E-state index contributed by atoms with van der Waals surface area (Å²) >= 11 is 1.81. The molecule has 3 aromatic heterocycles. The van der Waals surface area contributed by atoms with Gasteiger partial charge >= 0.3 is 0 Å². The van der Waals surface area contributed by atoms with Gasteiger partial charge in [-0.3, -0.25) is 4.98 Å². The van der Waals surface area contributed by atoms with Crippen molar-refractivity contribution in [2.45, 2.75) is 6.92 Å². The van der Waals surface area contributed by atoms with Gasteiger partial charge in [0, 0.05) is 48.6 Å². The minimum absolute atomic E-state index is 1.04. The number of hydrogen-bond acceptors (Lipinski definition) is 2. The first-order valence-corrected chi connectivity index (χ1v) is 13.4. The molecule has 0 radical (unpaired) electrons. The van der Waals surface area contributed by atoms with Crippen LogP contribution in [0.2, 0.25) is 0 Å². The van der Waals surface area contributed by atoms with E-state index >= 15 is 0 Å². The molecule has 5 aromatic carbocycles. The molecule has 3 heterocycles. The van der Waals surface area contributed by atoms with Gasteiger partial charge in [-0.1, -0.05) is 60.7 Å². The molecular formula is C34H22N2S. The van der Waals surface area contributed by atoms with Crippen molar-refractivity contribution in [3.8, 4) is 16.8 Å². The number of aromatic nitrogens is 2. The second-order valence-electron chi connectivity index (χ2n) is 9.70. The quantitative estimate of drug-likeness (QED) is 0.221. The predicted octanol–water partition coefficient (Wildman–Crippen LogP) is 9.68. The molecule has 0 amide bonds.